The van der Waals surface area contributed by atoms with Crippen molar-refractivity contribution in [2.24, 2.45) is 5.73 Å². The Morgan fingerprint density at radius 3 is 2.53 bits per heavy atom. The van der Waals surface area contributed by atoms with Crippen LogP contribution in [0.2, 0.25) is 5.02 Å². The van der Waals surface area contributed by atoms with Crippen molar-refractivity contribution >= 4 is 17.6 Å². The number of nitrogens with two attached hydrogens (primary N) is 1. The molecule has 1 unspecified atom stereocenters. The van der Waals surface area contributed by atoms with Gasteiger partial charge in [-0.2, -0.15) is 0 Å². The summed E-state index contributed by atoms with van der Waals surface area (Å²) in [5.41, 5.74) is 4.97. The van der Waals surface area contributed by atoms with Gasteiger partial charge in [0, 0.05) is 12.0 Å². The first-order chi connectivity index (χ1) is 6.93. The molecule has 1 atom stereocenters. The lowest BCUT2D eigenvalue weighted by atomic mass is 10.1. The highest BCUT2D eigenvalue weighted by atomic mass is 35.5. The summed E-state index contributed by atoms with van der Waals surface area (Å²) in [5.74, 6) is -2.86. The van der Waals surface area contributed by atoms with E-state index in [1.807, 2.05) is 0 Å². The molecule has 0 aliphatic carbocycles. The molecule has 3 N–H and O–H groups in total. The minimum Gasteiger partial charge on any atom is -0.480 e. The van der Waals surface area contributed by atoms with Gasteiger partial charge in [-0.15, -0.1) is 0 Å². The van der Waals surface area contributed by atoms with E-state index in [0.29, 0.717) is 0 Å². The maximum atomic E-state index is 13.2. The second kappa shape index (κ2) is 4.55. The van der Waals surface area contributed by atoms with Crippen molar-refractivity contribution in [3.05, 3.63) is 34.4 Å². The van der Waals surface area contributed by atoms with E-state index in [2.05, 4.69) is 0 Å². The maximum Gasteiger partial charge on any atom is 0.320 e. The number of carboxylic acid groups (broad SMARTS) is 1. The van der Waals surface area contributed by atoms with Gasteiger partial charge in [-0.05, 0) is 12.1 Å². The predicted molar refractivity (Wildman–Crippen MR) is 50.7 cm³/mol. The standard InChI is InChI=1S/C9H8ClF2NO2/c10-8-4(3-7(13)9(14)15)5(11)1-2-6(8)12/h1-2,7H,3,13H2,(H,14,15). The molecule has 1 aromatic rings. The molecule has 0 radical (unpaired) electrons. The average Bonchev–Trinajstić information content (AvgIpc) is 2.18. The van der Waals surface area contributed by atoms with Gasteiger partial charge in [0.05, 0.1) is 5.02 Å². The first-order valence-electron chi connectivity index (χ1n) is 4.04. The summed E-state index contributed by atoms with van der Waals surface area (Å²) < 4.78 is 26.1. The van der Waals surface area contributed by atoms with E-state index in [-0.39, 0.29) is 12.0 Å². The zero-order valence-electron chi connectivity index (χ0n) is 7.51. The van der Waals surface area contributed by atoms with Crippen LogP contribution in [-0.2, 0) is 11.2 Å². The van der Waals surface area contributed by atoms with Crippen LogP contribution in [0.3, 0.4) is 0 Å². The molecule has 0 amide bonds. The Kier molecular flexibility index (Phi) is 3.60. The molecule has 0 fully saturated rings. The third-order valence-electron chi connectivity index (χ3n) is 1.88. The summed E-state index contributed by atoms with van der Waals surface area (Å²) >= 11 is 5.48. The van der Waals surface area contributed by atoms with Gasteiger partial charge in [-0.1, -0.05) is 11.6 Å². The van der Waals surface area contributed by atoms with E-state index >= 15 is 0 Å². The van der Waals surface area contributed by atoms with Crippen LogP contribution < -0.4 is 5.73 Å². The van der Waals surface area contributed by atoms with Gasteiger partial charge in [-0.3, -0.25) is 4.79 Å². The van der Waals surface area contributed by atoms with Crippen LogP contribution in [0.15, 0.2) is 12.1 Å². The van der Waals surface area contributed by atoms with Crippen molar-refractivity contribution in [2.45, 2.75) is 12.5 Å². The Morgan fingerprint density at radius 2 is 2.00 bits per heavy atom. The number of carbonyl (C=O) groups is 1. The highest BCUT2D eigenvalue weighted by Gasteiger charge is 2.19. The van der Waals surface area contributed by atoms with Gasteiger partial charge >= 0.3 is 5.97 Å². The first kappa shape index (κ1) is 11.9. The summed E-state index contributed by atoms with van der Waals surface area (Å²) in [6, 6.07) is 0.442. The van der Waals surface area contributed by atoms with Crippen LogP contribution in [-0.4, -0.2) is 17.1 Å². The number of benzene rings is 1. The number of hydrogen-bond acceptors (Lipinski definition) is 2. The van der Waals surface area contributed by atoms with E-state index < -0.39 is 28.7 Å². The Hall–Kier alpha value is -1.20. The van der Waals surface area contributed by atoms with Gasteiger partial charge in [0.1, 0.15) is 17.7 Å². The lowest BCUT2D eigenvalue weighted by Gasteiger charge is -2.09. The van der Waals surface area contributed by atoms with E-state index in [0.717, 1.165) is 12.1 Å². The third kappa shape index (κ3) is 2.64. The van der Waals surface area contributed by atoms with Crippen molar-refractivity contribution in [1.29, 1.82) is 0 Å². The van der Waals surface area contributed by atoms with Crippen molar-refractivity contribution < 1.29 is 18.7 Å². The highest BCUT2D eigenvalue weighted by Crippen LogP contribution is 2.23. The molecule has 6 heteroatoms. The second-order valence-corrected chi connectivity index (χ2v) is 3.35. The molecular weight excluding hydrogens is 228 g/mol. The number of rotatable bonds is 3. The fourth-order valence-electron chi connectivity index (χ4n) is 1.06. The molecule has 1 aromatic carbocycles. The Bertz CT molecular complexity index is 398. The zero-order valence-corrected chi connectivity index (χ0v) is 8.26. The molecule has 0 spiro atoms. The normalized spacial score (nSPS) is 12.5. The van der Waals surface area contributed by atoms with Gasteiger partial charge in [0.2, 0.25) is 0 Å². The van der Waals surface area contributed by atoms with E-state index in [9.17, 15) is 13.6 Å². The van der Waals surface area contributed by atoms with Gasteiger partial charge in [0.15, 0.2) is 0 Å². The van der Waals surface area contributed by atoms with Gasteiger partial charge in [0.25, 0.3) is 0 Å². The Labute approximate surface area is 89.5 Å². The van der Waals surface area contributed by atoms with Crippen LogP contribution in [0.4, 0.5) is 8.78 Å². The van der Waals surface area contributed by atoms with Gasteiger partial charge in [-0.25, -0.2) is 8.78 Å². The Morgan fingerprint density at radius 1 is 1.47 bits per heavy atom. The molecule has 3 nitrogen and oxygen atoms in total. The van der Waals surface area contributed by atoms with E-state index in [4.69, 9.17) is 22.4 Å². The summed E-state index contributed by atoms with van der Waals surface area (Å²) in [4.78, 5) is 10.4. The molecule has 15 heavy (non-hydrogen) atoms. The monoisotopic (exact) mass is 235 g/mol. The molecule has 0 saturated heterocycles. The number of carboxylic acids is 1. The summed E-state index contributed by atoms with van der Waals surface area (Å²) in [6.45, 7) is 0. The molecule has 0 aliphatic heterocycles. The average molecular weight is 236 g/mol. The third-order valence-corrected chi connectivity index (χ3v) is 2.29. The predicted octanol–water partition coefficient (Wildman–Crippen LogP) is 1.57. The number of halogens is 3. The molecule has 1 rings (SSSR count). The van der Waals surface area contributed by atoms with Crippen molar-refractivity contribution in [2.75, 3.05) is 0 Å². The fraction of sp³-hybridized carbons (Fsp3) is 0.222. The van der Waals surface area contributed by atoms with Gasteiger partial charge < -0.3 is 10.8 Å². The summed E-state index contributed by atoms with van der Waals surface area (Å²) in [5, 5.41) is 8.09. The van der Waals surface area contributed by atoms with E-state index in [1.165, 1.54) is 0 Å². The van der Waals surface area contributed by atoms with Crippen LogP contribution in [0, 0.1) is 11.6 Å². The quantitative estimate of drug-likeness (QED) is 0.782. The summed E-state index contributed by atoms with van der Waals surface area (Å²) in [7, 11) is 0. The van der Waals surface area contributed by atoms with Crippen molar-refractivity contribution in [3.63, 3.8) is 0 Å². The number of aliphatic carboxylic acids is 1. The van der Waals surface area contributed by atoms with Crippen LogP contribution in [0.5, 0.6) is 0 Å². The second-order valence-electron chi connectivity index (χ2n) is 2.97. The topological polar surface area (TPSA) is 63.3 Å². The fourth-order valence-corrected chi connectivity index (χ4v) is 1.29. The van der Waals surface area contributed by atoms with Crippen molar-refractivity contribution in [3.8, 4) is 0 Å². The molecular formula is C9H8ClF2NO2. The van der Waals surface area contributed by atoms with Crippen LogP contribution >= 0.6 is 11.6 Å². The lowest BCUT2D eigenvalue weighted by Crippen LogP contribution is -2.32. The molecule has 0 aliphatic rings. The largest absolute Gasteiger partial charge is 0.480 e. The molecule has 0 aromatic heterocycles. The smallest absolute Gasteiger partial charge is 0.320 e. The minimum absolute atomic E-state index is 0.216. The van der Waals surface area contributed by atoms with Crippen molar-refractivity contribution in [1.82, 2.24) is 0 Å². The zero-order chi connectivity index (χ0) is 11.6. The molecule has 82 valence electrons. The molecule has 0 heterocycles. The molecule has 0 bridgehead atoms. The van der Waals surface area contributed by atoms with E-state index in [1.54, 1.807) is 0 Å². The lowest BCUT2D eigenvalue weighted by molar-refractivity contribution is -0.138. The summed E-state index contributed by atoms with van der Waals surface area (Å²) in [6.07, 6.45) is -0.349. The first-order valence-corrected chi connectivity index (χ1v) is 4.42. The number of hydrogen-bond donors (Lipinski definition) is 2. The highest BCUT2D eigenvalue weighted by molar-refractivity contribution is 6.31. The Balaban J connectivity index is 3.03. The van der Waals surface area contributed by atoms with Crippen LogP contribution in [0.25, 0.3) is 0 Å². The maximum absolute atomic E-state index is 13.2. The minimum atomic E-state index is -1.31. The molecule has 0 saturated carbocycles. The van der Waals surface area contributed by atoms with Crippen LogP contribution in [0.1, 0.15) is 5.56 Å². The SMILES string of the molecule is NC(Cc1c(F)ccc(F)c1Cl)C(=O)O.